The number of nitro groups is 1. The van der Waals surface area contributed by atoms with Gasteiger partial charge in [-0.15, -0.1) is 6.42 Å². The van der Waals surface area contributed by atoms with Crippen molar-refractivity contribution in [3.63, 3.8) is 0 Å². The molecular formula is C21H12N4O3S. The van der Waals surface area contributed by atoms with E-state index in [-0.39, 0.29) is 10.6 Å². The molecule has 0 unspecified atom stereocenters. The highest BCUT2D eigenvalue weighted by Gasteiger charge is 2.12. The van der Waals surface area contributed by atoms with Crippen LogP contribution in [0.3, 0.4) is 0 Å². The van der Waals surface area contributed by atoms with E-state index in [1.165, 1.54) is 10.6 Å². The molecule has 0 aliphatic carbocycles. The first-order chi connectivity index (χ1) is 14.1. The van der Waals surface area contributed by atoms with Gasteiger partial charge in [0.15, 0.2) is 5.65 Å². The molecule has 0 amide bonds. The number of nitrogens with zero attached hydrogens (tertiary/aromatic N) is 4. The molecule has 0 fully saturated rings. The number of benzene rings is 1. The summed E-state index contributed by atoms with van der Waals surface area (Å²) in [5.41, 5.74) is 1.35. The number of rotatable bonds is 4. The molecule has 29 heavy (non-hydrogen) atoms. The van der Waals surface area contributed by atoms with Crippen molar-refractivity contribution < 1.29 is 4.92 Å². The molecule has 0 radical (unpaired) electrons. The molecule has 0 N–H and O–H groups in total. The minimum atomic E-state index is -0.441. The summed E-state index contributed by atoms with van der Waals surface area (Å²) >= 11 is 1.04. The van der Waals surface area contributed by atoms with E-state index in [0.29, 0.717) is 33.0 Å². The van der Waals surface area contributed by atoms with Crippen molar-refractivity contribution in [2.24, 2.45) is 0 Å². The van der Waals surface area contributed by atoms with E-state index in [4.69, 9.17) is 6.42 Å². The van der Waals surface area contributed by atoms with Crippen molar-refractivity contribution in [3.05, 3.63) is 91.5 Å². The van der Waals surface area contributed by atoms with E-state index in [1.807, 2.05) is 0 Å². The maximum absolute atomic E-state index is 13.1. The number of pyridine rings is 1. The largest absolute Gasteiger partial charge is 0.324 e. The molecule has 8 heteroatoms. The van der Waals surface area contributed by atoms with Gasteiger partial charge < -0.3 is 0 Å². The number of aromatic nitrogens is 3. The fourth-order valence-corrected chi connectivity index (χ4v) is 3.51. The molecule has 4 rings (SSSR count). The van der Waals surface area contributed by atoms with Crippen molar-refractivity contribution in [1.82, 2.24) is 14.5 Å². The van der Waals surface area contributed by atoms with Crippen LogP contribution in [0.2, 0.25) is 0 Å². The predicted octanol–water partition coefficient (Wildman–Crippen LogP) is 3.90. The minimum Gasteiger partial charge on any atom is -0.268 e. The highest BCUT2D eigenvalue weighted by Crippen LogP contribution is 2.25. The van der Waals surface area contributed by atoms with Gasteiger partial charge in [0.25, 0.3) is 5.56 Å². The van der Waals surface area contributed by atoms with Gasteiger partial charge in [-0.2, -0.15) is 0 Å². The Morgan fingerprint density at radius 3 is 2.62 bits per heavy atom. The van der Waals surface area contributed by atoms with Crippen molar-refractivity contribution >= 4 is 39.5 Å². The van der Waals surface area contributed by atoms with Gasteiger partial charge in [-0.3, -0.25) is 19.5 Å². The zero-order chi connectivity index (χ0) is 20.4. The molecule has 0 atom stereocenters. The summed E-state index contributed by atoms with van der Waals surface area (Å²) in [7, 11) is 0. The monoisotopic (exact) mass is 400 g/mol. The Labute approximate surface area is 168 Å². The third-order valence-electron chi connectivity index (χ3n) is 4.15. The Balaban J connectivity index is 1.88. The molecule has 4 aromatic rings. The van der Waals surface area contributed by atoms with E-state index in [1.54, 1.807) is 60.8 Å². The molecule has 0 saturated carbocycles. The van der Waals surface area contributed by atoms with Crippen LogP contribution < -0.4 is 5.56 Å². The third-order valence-corrected chi connectivity index (χ3v) is 5.15. The van der Waals surface area contributed by atoms with E-state index in [9.17, 15) is 14.9 Å². The molecule has 7 nitrogen and oxygen atoms in total. The van der Waals surface area contributed by atoms with Crippen LogP contribution in [-0.2, 0) is 0 Å². The molecule has 0 aliphatic heterocycles. The second kappa shape index (κ2) is 7.50. The van der Waals surface area contributed by atoms with Gasteiger partial charge in [0.05, 0.1) is 16.0 Å². The third kappa shape index (κ3) is 3.54. The number of thiophene rings is 1. The second-order valence-electron chi connectivity index (χ2n) is 5.94. The lowest BCUT2D eigenvalue weighted by Gasteiger charge is -2.11. The van der Waals surface area contributed by atoms with Gasteiger partial charge in [0, 0.05) is 22.7 Å². The van der Waals surface area contributed by atoms with Crippen molar-refractivity contribution in [3.8, 4) is 18.0 Å². The summed E-state index contributed by atoms with van der Waals surface area (Å²) in [6.45, 7) is 0. The van der Waals surface area contributed by atoms with Crippen LogP contribution in [0.15, 0.2) is 59.5 Å². The van der Waals surface area contributed by atoms with Gasteiger partial charge in [-0.05, 0) is 54.6 Å². The van der Waals surface area contributed by atoms with Gasteiger partial charge in [0.1, 0.15) is 5.82 Å². The first kappa shape index (κ1) is 18.3. The number of fused-ring (bicyclic) bond motifs is 1. The van der Waals surface area contributed by atoms with Crippen LogP contribution in [0.5, 0.6) is 0 Å². The lowest BCUT2D eigenvalue weighted by atomic mass is 10.2. The van der Waals surface area contributed by atoms with Gasteiger partial charge in [0.2, 0.25) is 0 Å². The van der Waals surface area contributed by atoms with Crippen LogP contribution in [0, 0.1) is 22.5 Å². The zero-order valence-corrected chi connectivity index (χ0v) is 15.7. The highest BCUT2D eigenvalue weighted by atomic mass is 32.1. The van der Waals surface area contributed by atoms with E-state index in [0.717, 1.165) is 11.3 Å². The molecule has 0 aliphatic rings. The molecule has 1 aromatic carbocycles. The van der Waals surface area contributed by atoms with E-state index >= 15 is 0 Å². The predicted molar refractivity (Wildman–Crippen MR) is 113 cm³/mol. The maximum atomic E-state index is 13.1. The smallest absolute Gasteiger partial charge is 0.268 e. The van der Waals surface area contributed by atoms with E-state index in [2.05, 4.69) is 15.9 Å². The fourth-order valence-electron chi connectivity index (χ4n) is 2.79. The van der Waals surface area contributed by atoms with Crippen molar-refractivity contribution in [1.29, 1.82) is 0 Å². The summed E-state index contributed by atoms with van der Waals surface area (Å²) < 4.78 is 1.46. The Hall–Kier alpha value is -4.09. The van der Waals surface area contributed by atoms with Gasteiger partial charge in [-0.25, -0.2) is 9.97 Å². The van der Waals surface area contributed by atoms with Crippen molar-refractivity contribution in [2.75, 3.05) is 0 Å². The SMILES string of the molecule is C#Cc1ccc(-n2c(/C=C/c3ccc([N+](=O)[O-])s3)nc3ncccc3c2=O)cc1. The molecule has 3 heterocycles. The number of terminal acetylenes is 1. The standard InChI is InChI=1S/C21H12N4O3S/c1-2-14-5-7-15(8-6-14)24-18(11-9-16-10-12-19(29-16)25(27)28)23-20-17(21(24)26)4-3-13-22-20/h1,3-13H/b11-9+. The lowest BCUT2D eigenvalue weighted by Crippen LogP contribution is -2.22. The first-order valence-corrected chi connectivity index (χ1v) is 9.25. The highest BCUT2D eigenvalue weighted by molar-refractivity contribution is 7.16. The van der Waals surface area contributed by atoms with Crippen molar-refractivity contribution in [2.45, 2.75) is 0 Å². The first-order valence-electron chi connectivity index (χ1n) is 8.44. The summed E-state index contributed by atoms with van der Waals surface area (Å²) in [5, 5.41) is 11.3. The topological polar surface area (TPSA) is 90.9 Å². The Morgan fingerprint density at radius 1 is 1.14 bits per heavy atom. The van der Waals surface area contributed by atoms with E-state index < -0.39 is 4.92 Å². The van der Waals surface area contributed by atoms with Crippen LogP contribution >= 0.6 is 11.3 Å². The Kier molecular flexibility index (Phi) is 4.73. The van der Waals surface area contributed by atoms with Crippen LogP contribution in [0.25, 0.3) is 28.9 Å². The number of hydrogen-bond acceptors (Lipinski definition) is 6. The summed E-state index contributed by atoms with van der Waals surface area (Å²) in [6, 6.07) is 13.4. The summed E-state index contributed by atoms with van der Waals surface area (Å²) in [4.78, 5) is 32.9. The average Bonchev–Trinajstić information content (AvgIpc) is 3.22. The zero-order valence-electron chi connectivity index (χ0n) is 14.9. The van der Waals surface area contributed by atoms with Gasteiger partial charge >= 0.3 is 5.00 Å². The fraction of sp³-hybridized carbons (Fsp3) is 0. The quantitative estimate of drug-likeness (QED) is 0.294. The maximum Gasteiger partial charge on any atom is 0.324 e. The number of hydrogen-bond donors (Lipinski definition) is 0. The molecule has 3 aromatic heterocycles. The van der Waals surface area contributed by atoms with Gasteiger partial charge in [-0.1, -0.05) is 17.3 Å². The summed E-state index contributed by atoms with van der Waals surface area (Å²) in [5.74, 6) is 2.89. The lowest BCUT2D eigenvalue weighted by molar-refractivity contribution is -0.380. The average molecular weight is 400 g/mol. The molecule has 140 valence electrons. The summed E-state index contributed by atoms with van der Waals surface area (Å²) in [6.07, 6.45) is 10.3. The minimum absolute atomic E-state index is 0.0417. The molecule has 0 spiro atoms. The Bertz CT molecular complexity index is 1360. The molecular weight excluding hydrogens is 388 g/mol. The van der Waals surface area contributed by atoms with Crippen LogP contribution in [-0.4, -0.2) is 19.5 Å². The van der Waals surface area contributed by atoms with Crippen LogP contribution in [0.4, 0.5) is 5.00 Å². The molecule has 0 bridgehead atoms. The Morgan fingerprint density at radius 2 is 1.93 bits per heavy atom. The normalized spacial score (nSPS) is 11.0. The molecule has 0 saturated heterocycles. The second-order valence-corrected chi connectivity index (χ2v) is 7.04. The van der Waals surface area contributed by atoms with Crippen LogP contribution in [0.1, 0.15) is 16.3 Å².